The van der Waals surface area contributed by atoms with Crippen LogP contribution in [0.15, 0.2) is 89.5 Å². The van der Waals surface area contributed by atoms with Gasteiger partial charge in [0.2, 0.25) is 0 Å². The molecule has 1 aromatic heterocycles. The molecule has 0 saturated carbocycles. The number of nitrogens with one attached hydrogen (secondary N) is 2. The maximum Gasteiger partial charge on any atom is 0.291 e. The maximum absolute atomic E-state index is 13.0. The van der Waals surface area contributed by atoms with Crippen molar-refractivity contribution in [2.75, 3.05) is 5.32 Å². The lowest BCUT2D eigenvalue weighted by atomic mass is 9.99. The fourth-order valence-corrected chi connectivity index (χ4v) is 3.36. The number of para-hydroxylation sites is 1. The van der Waals surface area contributed by atoms with Crippen LogP contribution in [0.1, 0.15) is 39.4 Å². The van der Waals surface area contributed by atoms with Crippen LogP contribution in [0, 0.1) is 0 Å². The SMILES string of the molecule is CC(NC(=O)c1ccccc1NC(=O)c1ccco1)c1cccc2ccccc12. The van der Waals surface area contributed by atoms with E-state index in [0.717, 1.165) is 16.3 Å². The highest BCUT2D eigenvalue weighted by molar-refractivity contribution is 6.08. The number of rotatable bonds is 5. The summed E-state index contributed by atoms with van der Waals surface area (Å²) in [7, 11) is 0. The lowest BCUT2D eigenvalue weighted by Crippen LogP contribution is -2.28. The number of fused-ring (bicyclic) bond motifs is 1. The van der Waals surface area contributed by atoms with Crippen molar-refractivity contribution in [3.05, 3.63) is 102 Å². The summed E-state index contributed by atoms with van der Waals surface area (Å²) >= 11 is 0. The van der Waals surface area contributed by atoms with Crippen LogP contribution in [0.5, 0.6) is 0 Å². The Morgan fingerprint density at radius 3 is 2.41 bits per heavy atom. The molecular weight excluding hydrogens is 364 g/mol. The second-order valence-corrected chi connectivity index (χ2v) is 6.74. The molecule has 29 heavy (non-hydrogen) atoms. The minimum Gasteiger partial charge on any atom is -0.459 e. The summed E-state index contributed by atoms with van der Waals surface area (Å²) in [5, 5.41) is 8.00. The molecule has 1 heterocycles. The fourth-order valence-electron chi connectivity index (χ4n) is 3.36. The van der Waals surface area contributed by atoms with Gasteiger partial charge in [-0.1, -0.05) is 54.6 Å². The average Bonchev–Trinajstić information content (AvgIpc) is 3.29. The van der Waals surface area contributed by atoms with Crippen molar-refractivity contribution in [1.82, 2.24) is 5.32 Å². The maximum atomic E-state index is 13.0. The van der Waals surface area contributed by atoms with Gasteiger partial charge in [0.25, 0.3) is 11.8 Å². The number of anilines is 1. The summed E-state index contributed by atoms with van der Waals surface area (Å²) in [5.74, 6) is -0.484. The van der Waals surface area contributed by atoms with Gasteiger partial charge >= 0.3 is 0 Å². The Hall–Kier alpha value is -3.86. The first-order chi connectivity index (χ1) is 14.1. The van der Waals surface area contributed by atoms with E-state index in [9.17, 15) is 9.59 Å². The summed E-state index contributed by atoms with van der Waals surface area (Å²) in [6.45, 7) is 1.95. The molecule has 1 unspecified atom stereocenters. The largest absolute Gasteiger partial charge is 0.459 e. The molecule has 0 fully saturated rings. The second kappa shape index (κ2) is 8.02. The van der Waals surface area contributed by atoms with Crippen molar-refractivity contribution in [2.45, 2.75) is 13.0 Å². The monoisotopic (exact) mass is 384 g/mol. The van der Waals surface area contributed by atoms with Crippen LogP contribution in [-0.4, -0.2) is 11.8 Å². The summed E-state index contributed by atoms with van der Waals surface area (Å²) in [5.41, 5.74) is 1.85. The van der Waals surface area contributed by atoms with Crippen LogP contribution in [-0.2, 0) is 0 Å². The molecule has 0 aliphatic heterocycles. The topological polar surface area (TPSA) is 71.3 Å². The Morgan fingerprint density at radius 1 is 0.828 bits per heavy atom. The number of benzene rings is 3. The van der Waals surface area contributed by atoms with Gasteiger partial charge < -0.3 is 15.1 Å². The molecule has 0 radical (unpaired) electrons. The Balaban J connectivity index is 1.56. The lowest BCUT2D eigenvalue weighted by molar-refractivity contribution is 0.0941. The van der Waals surface area contributed by atoms with E-state index in [1.807, 2.05) is 49.4 Å². The van der Waals surface area contributed by atoms with Gasteiger partial charge in [-0.05, 0) is 47.5 Å². The Kier molecular flexibility index (Phi) is 5.12. The van der Waals surface area contributed by atoms with Crippen molar-refractivity contribution in [3.8, 4) is 0 Å². The highest BCUT2D eigenvalue weighted by Crippen LogP contribution is 2.25. The standard InChI is InChI=1S/C24H20N2O3/c1-16(18-12-6-9-17-8-2-3-10-19(17)18)25-23(27)20-11-4-5-13-21(20)26-24(28)22-14-7-15-29-22/h2-16H,1H3,(H,25,27)(H,26,28). The van der Waals surface area contributed by atoms with E-state index < -0.39 is 5.91 Å². The zero-order chi connectivity index (χ0) is 20.2. The minimum absolute atomic E-state index is 0.185. The Morgan fingerprint density at radius 2 is 1.59 bits per heavy atom. The molecule has 3 aromatic carbocycles. The van der Waals surface area contributed by atoms with Gasteiger partial charge in [-0.25, -0.2) is 0 Å². The zero-order valence-electron chi connectivity index (χ0n) is 15.9. The second-order valence-electron chi connectivity index (χ2n) is 6.74. The molecule has 0 saturated heterocycles. The van der Waals surface area contributed by atoms with Crippen LogP contribution in [0.3, 0.4) is 0 Å². The van der Waals surface area contributed by atoms with Crippen LogP contribution in [0.4, 0.5) is 5.69 Å². The van der Waals surface area contributed by atoms with Crippen LogP contribution in [0.25, 0.3) is 10.8 Å². The highest BCUT2D eigenvalue weighted by Gasteiger charge is 2.18. The molecule has 5 nitrogen and oxygen atoms in total. The van der Waals surface area contributed by atoms with E-state index in [1.54, 1.807) is 36.4 Å². The molecule has 2 amide bonds. The van der Waals surface area contributed by atoms with Crippen LogP contribution >= 0.6 is 0 Å². The van der Waals surface area contributed by atoms with E-state index in [2.05, 4.69) is 10.6 Å². The fraction of sp³-hybridized carbons (Fsp3) is 0.0833. The van der Waals surface area contributed by atoms with E-state index in [0.29, 0.717) is 11.3 Å². The van der Waals surface area contributed by atoms with Crippen molar-refractivity contribution >= 4 is 28.3 Å². The Labute approximate surface area is 168 Å². The number of hydrogen-bond donors (Lipinski definition) is 2. The molecule has 5 heteroatoms. The van der Waals surface area contributed by atoms with Crippen molar-refractivity contribution in [2.24, 2.45) is 0 Å². The van der Waals surface area contributed by atoms with Gasteiger partial charge in [0.05, 0.1) is 23.6 Å². The third-order valence-electron chi connectivity index (χ3n) is 4.80. The minimum atomic E-state index is -0.405. The van der Waals surface area contributed by atoms with E-state index >= 15 is 0 Å². The quantitative estimate of drug-likeness (QED) is 0.498. The molecule has 0 aliphatic rings. The first kappa shape index (κ1) is 18.5. The molecule has 0 aliphatic carbocycles. The lowest BCUT2D eigenvalue weighted by Gasteiger charge is -2.18. The summed E-state index contributed by atoms with van der Waals surface area (Å²) in [6, 6.07) is 24.0. The van der Waals surface area contributed by atoms with Crippen molar-refractivity contribution in [3.63, 3.8) is 0 Å². The van der Waals surface area contributed by atoms with Gasteiger partial charge in [0.15, 0.2) is 5.76 Å². The van der Waals surface area contributed by atoms with Gasteiger partial charge in [-0.3, -0.25) is 9.59 Å². The number of amides is 2. The van der Waals surface area contributed by atoms with Gasteiger partial charge in [-0.2, -0.15) is 0 Å². The van der Waals surface area contributed by atoms with Crippen molar-refractivity contribution in [1.29, 1.82) is 0 Å². The predicted molar refractivity (Wildman–Crippen MR) is 113 cm³/mol. The molecule has 4 rings (SSSR count). The Bertz CT molecular complexity index is 1160. The van der Waals surface area contributed by atoms with Gasteiger partial charge in [0, 0.05) is 0 Å². The summed E-state index contributed by atoms with van der Waals surface area (Å²) < 4.78 is 5.12. The van der Waals surface area contributed by atoms with Crippen LogP contribution in [0.2, 0.25) is 0 Å². The molecule has 2 N–H and O–H groups in total. The molecule has 4 aromatic rings. The van der Waals surface area contributed by atoms with E-state index in [4.69, 9.17) is 4.42 Å². The van der Waals surface area contributed by atoms with E-state index in [1.165, 1.54) is 6.26 Å². The van der Waals surface area contributed by atoms with Crippen LogP contribution < -0.4 is 10.6 Å². The molecule has 144 valence electrons. The van der Waals surface area contributed by atoms with Gasteiger partial charge in [-0.15, -0.1) is 0 Å². The highest BCUT2D eigenvalue weighted by atomic mass is 16.3. The first-order valence-corrected chi connectivity index (χ1v) is 9.36. The first-order valence-electron chi connectivity index (χ1n) is 9.36. The predicted octanol–water partition coefficient (Wildman–Crippen LogP) is 5.18. The zero-order valence-corrected chi connectivity index (χ0v) is 15.9. The number of furan rings is 1. The summed E-state index contributed by atoms with van der Waals surface area (Å²) in [6.07, 6.45) is 1.43. The third kappa shape index (κ3) is 3.89. The molecule has 0 spiro atoms. The molecule has 0 bridgehead atoms. The van der Waals surface area contributed by atoms with E-state index in [-0.39, 0.29) is 17.7 Å². The normalized spacial score (nSPS) is 11.8. The van der Waals surface area contributed by atoms with Gasteiger partial charge in [0.1, 0.15) is 0 Å². The summed E-state index contributed by atoms with van der Waals surface area (Å²) in [4.78, 5) is 25.3. The third-order valence-corrected chi connectivity index (χ3v) is 4.80. The smallest absolute Gasteiger partial charge is 0.291 e. The average molecular weight is 384 g/mol. The molecule has 1 atom stereocenters. The number of carbonyl (C=O) groups is 2. The van der Waals surface area contributed by atoms with Crippen molar-refractivity contribution < 1.29 is 14.0 Å². The number of hydrogen-bond acceptors (Lipinski definition) is 3. The molecular formula is C24H20N2O3. The number of carbonyl (C=O) groups excluding carboxylic acids is 2.